The third-order valence-electron chi connectivity index (χ3n) is 3.05. The Balaban J connectivity index is 2.50. The van der Waals surface area contributed by atoms with Crippen LogP contribution in [0.25, 0.3) is 0 Å². The van der Waals surface area contributed by atoms with Crippen LogP contribution >= 0.6 is 0 Å². The first-order chi connectivity index (χ1) is 8.03. The van der Waals surface area contributed by atoms with Gasteiger partial charge in [0.05, 0.1) is 0 Å². The predicted molar refractivity (Wildman–Crippen MR) is 76.2 cm³/mol. The lowest BCUT2D eigenvalue weighted by atomic mass is 9.92. The molecule has 0 aromatic heterocycles. The van der Waals surface area contributed by atoms with Crippen LogP contribution in [0.15, 0.2) is 30.3 Å². The molecule has 0 aliphatic rings. The largest absolute Gasteiger partial charge is 0.310 e. The highest BCUT2D eigenvalue weighted by molar-refractivity contribution is 5.18. The van der Waals surface area contributed by atoms with Gasteiger partial charge in [-0.1, -0.05) is 64.4 Å². The van der Waals surface area contributed by atoms with E-state index in [0.29, 0.717) is 11.5 Å². The van der Waals surface area contributed by atoms with Gasteiger partial charge in [0.25, 0.3) is 0 Å². The molecule has 0 radical (unpaired) electrons. The number of hydrogen-bond donors (Lipinski definition) is 1. The molecule has 1 atom stereocenters. The lowest BCUT2D eigenvalue weighted by molar-refractivity contribution is 0.350. The molecule has 1 rings (SSSR count). The van der Waals surface area contributed by atoms with Crippen molar-refractivity contribution in [1.29, 1.82) is 0 Å². The Morgan fingerprint density at radius 2 is 1.76 bits per heavy atom. The van der Waals surface area contributed by atoms with E-state index in [1.54, 1.807) is 0 Å². The maximum atomic E-state index is 3.69. The van der Waals surface area contributed by atoms with E-state index in [9.17, 15) is 0 Å². The smallest absolute Gasteiger partial charge is 0.0320 e. The molecule has 0 saturated heterocycles. The van der Waals surface area contributed by atoms with Crippen LogP contribution < -0.4 is 5.32 Å². The molecular formula is C16H27N. The summed E-state index contributed by atoms with van der Waals surface area (Å²) >= 11 is 0. The third kappa shape index (κ3) is 5.88. The number of hydrogen-bond acceptors (Lipinski definition) is 1. The van der Waals surface area contributed by atoms with Gasteiger partial charge in [-0.3, -0.25) is 0 Å². The number of benzene rings is 1. The molecule has 1 nitrogen and oxygen atoms in total. The Hall–Kier alpha value is -0.820. The fourth-order valence-corrected chi connectivity index (χ4v) is 1.98. The van der Waals surface area contributed by atoms with Gasteiger partial charge < -0.3 is 5.32 Å². The predicted octanol–water partition coefficient (Wildman–Crippen LogP) is 4.55. The van der Waals surface area contributed by atoms with Crippen molar-refractivity contribution in [1.82, 2.24) is 5.32 Å². The maximum Gasteiger partial charge on any atom is 0.0320 e. The molecule has 1 aromatic carbocycles. The highest BCUT2D eigenvalue weighted by Crippen LogP contribution is 2.21. The van der Waals surface area contributed by atoms with Crippen LogP contribution in [0, 0.1) is 5.41 Å². The molecule has 0 amide bonds. The van der Waals surface area contributed by atoms with Gasteiger partial charge in [-0.05, 0) is 30.4 Å². The Kier molecular flexibility index (Phi) is 5.70. The second-order valence-electron chi connectivity index (χ2n) is 6.02. The summed E-state index contributed by atoms with van der Waals surface area (Å²) < 4.78 is 0. The van der Waals surface area contributed by atoms with Gasteiger partial charge in [0.2, 0.25) is 0 Å². The van der Waals surface area contributed by atoms with Gasteiger partial charge in [0.15, 0.2) is 0 Å². The summed E-state index contributed by atoms with van der Waals surface area (Å²) in [7, 11) is 0. The monoisotopic (exact) mass is 233 g/mol. The van der Waals surface area contributed by atoms with E-state index in [0.717, 1.165) is 6.54 Å². The van der Waals surface area contributed by atoms with Crippen molar-refractivity contribution in [3.63, 3.8) is 0 Å². The van der Waals surface area contributed by atoms with Crippen LogP contribution in [0.1, 0.15) is 58.6 Å². The highest BCUT2D eigenvalue weighted by Gasteiger charge is 2.13. The molecule has 0 spiro atoms. The van der Waals surface area contributed by atoms with E-state index in [1.807, 2.05) is 0 Å². The van der Waals surface area contributed by atoms with Crippen LogP contribution in [-0.2, 0) is 0 Å². The zero-order valence-corrected chi connectivity index (χ0v) is 11.8. The SMILES string of the molecule is CCCC(NCCC(C)(C)C)c1ccccc1. The third-order valence-corrected chi connectivity index (χ3v) is 3.05. The second kappa shape index (κ2) is 6.80. The van der Waals surface area contributed by atoms with Crippen molar-refractivity contribution >= 4 is 0 Å². The molecule has 1 aromatic rings. The van der Waals surface area contributed by atoms with E-state index in [-0.39, 0.29) is 0 Å². The minimum Gasteiger partial charge on any atom is -0.310 e. The van der Waals surface area contributed by atoms with Crippen molar-refractivity contribution < 1.29 is 0 Å². The van der Waals surface area contributed by atoms with Gasteiger partial charge in [-0.25, -0.2) is 0 Å². The summed E-state index contributed by atoms with van der Waals surface area (Å²) in [5, 5.41) is 3.69. The summed E-state index contributed by atoms with van der Waals surface area (Å²) in [6.07, 6.45) is 3.66. The van der Waals surface area contributed by atoms with E-state index in [4.69, 9.17) is 0 Å². The van der Waals surface area contributed by atoms with Gasteiger partial charge in [-0.2, -0.15) is 0 Å². The molecule has 0 aliphatic heterocycles. The normalized spacial score (nSPS) is 13.6. The molecular weight excluding hydrogens is 206 g/mol. The minimum atomic E-state index is 0.417. The molecule has 0 bridgehead atoms. The van der Waals surface area contributed by atoms with Crippen molar-refractivity contribution in [2.24, 2.45) is 5.41 Å². The average Bonchev–Trinajstić information content (AvgIpc) is 2.27. The second-order valence-corrected chi connectivity index (χ2v) is 6.02. The summed E-state index contributed by atoms with van der Waals surface area (Å²) in [6.45, 7) is 10.2. The topological polar surface area (TPSA) is 12.0 Å². The lowest BCUT2D eigenvalue weighted by Crippen LogP contribution is -2.25. The number of rotatable bonds is 6. The fraction of sp³-hybridized carbons (Fsp3) is 0.625. The molecule has 1 N–H and O–H groups in total. The Morgan fingerprint density at radius 3 is 2.29 bits per heavy atom. The first kappa shape index (κ1) is 14.2. The molecule has 0 fully saturated rings. The van der Waals surface area contributed by atoms with E-state index >= 15 is 0 Å². The van der Waals surface area contributed by atoms with Crippen LogP contribution in [0.5, 0.6) is 0 Å². The Bertz CT molecular complexity index is 297. The average molecular weight is 233 g/mol. The standard InChI is InChI=1S/C16H27N/c1-5-9-15(14-10-7-6-8-11-14)17-13-12-16(2,3)4/h6-8,10-11,15,17H,5,9,12-13H2,1-4H3. The molecule has 1 heteroatoms. The Morgan fingerprint density at radius 1 is 1.12 bits per heavy atom. The van der Waals surface area contributed by atoms with Crippen molar-refractivity contribution in [2.45, 2.75) is 53.0 Å². The molecule has 96 valence electrons. The van der Waals surface area contributed by atoms with Crippen LogP contribution in [0.4, 0.5) is 0 Å². The summed E-state index contributed by atoms with van der Waals surface area (Å²) in [5.74, 6) is 0. The van der Waals surface area contributed by atoms with Crippen LogP contribution in [-0.4, -0.2) is 6.54 Å². The van der Waals surface area contributed by atoms with E-state index in [2.05, 4.69) is 63.3 Å². The van der Waals surface area contributed by atoms with Crippen LogP contribution in [0.2, 0.25) is 0 Å². The molecule has 0 heterocycles. The van der Waals surface area contributed by atoms with Crippen molar-refractivity contribution in [3.8, 4) is 0 Å². The van der Waals surface area contributed by atoms with Gasteiger partial charge in [0.1, 0.15) is 0 Å². The summed E-state index contributed by atoms with van der Waals surface area (Å²) in [6, 6.07) is 11.3. The lowest BCUT2D eigenvalue weighted by Gasteiger charge is -2.23. The fourth-order valence-electron chi connectivity index (χ4n) is 1.98. The molecule has 1 unspecified atom stereocenters. The molecule has 0 aliphatic carbocycles. The highest BCUT2D eigenvalue weighted by atomic mass is 14.9. The summed E-state index contributed by atoms with van der Waals surface area (Å²) in [5.41, 5.74) is 1.84. The van der Waals surface area contributed by atoms with Crippen LogP contribution in [0.3, 0.4) is 0 Å². The number of nitrogens with one attached hydrogen (secondary N) is 1. The van der Waals surface area contributed by atoms with Crippen molar-refractivity contribution in [2.75, 3.05) is 6.54 Å². The van der Waals surface area contributed by atoms with Gasteiger partial charge in [-0.15, -0.1) is 0 Å². The maximum absolute atomic E-state index is 3.69. The van der Waals surface area contributed by atoms with E-state index in [1.165, 1.54) is 24.8 Å². The van der Waals surface area contributed by atoms with E-state index < -0.39 is 0 Å². The Labute approximate surface area is 107 Å². The zero-order valence-electron chi connectivity index (χ0n) is 11.8. The quantitative estimate of drug-likeness (QED) is 0.760. The van der Waals surface area contributed by atoms with Gasteiger partial charge in [0, 0.05) is 6.04 Å². The minimum absolute atomic E-state index is 0.417. The van der Waals surface area contributed by atoms with Gasteiger partial charge >= 0.3 is 0 Å². The molecule has 0 saturated carbocycles. The first-order valence-corrected chi connectivity index (χ1v) is 6.81. The summed E-state index contributed by atoms with van der Waals surface area (Å²) in [4.78, 5) is 0. The first-order valence-electron chi connectivity index (χ1n) is 6.81. The zero-order chi connectivity index (χ0) is 12.7. The van der Waals surface area contributed by atoms with Crippen molar-refractivity contribution in [3.05, 3.63) is 35.9 Å². The molecule has 17 heavy (non-hydrogen) atoms.